The van der Waals surface area contributed by atoms with Crippen LogP contribution in [0.25, 0.3) is 0 Å². The molecule has 142 valence electrons. The number of carbonyl (C=O) groups is 2. The summed E-state index contributed by atoms with van der Waals surface area (Å²) in [5.41, 5.74) is 1.83. The molecule has 8 nitrogen and oxygen atoms in total. The van der Waals surface area contributed by atoms with Crippen LogP contribution >= 0.6 is 0 Å². The number of rotatable bonds is 8. The first-order valence-corrected chi connectivity index (χ1v) is 8.47. The Morgan fingerprint density at radius 1 is 1.15 bits per heavy atom. The molecule has 2 aromatic carbocycles. The van der Waals surface area contributed by atoms with E-state index in [1.54, 1.807) is 37.3 Å². The molecule has 8 heteroatoms. The second-order valence-electron chi connectivity index (χ2n) is 5.82. The summed E-state index contributed by atoms with van der Waals surface area (Å²) in [6.07, 6.45) is 0.755. The SMILES string of the molecule is CCCOC(=O)c1ccc(NCC(=O)Nc2cccc([N+](=O)[O-])c2C)cc1. The van der Waals surface area contributed by atoms with Gasteiger partial charge in [0.05, 0.1) is 34.9 Å². The molecule has 27 heavy (non-hydrogen) atoms. The van der Waals surface area contributed by atoms with Crippen LogP contribution in [0.1, 0.15) is 29.3 Å². The fourth-order valence-corrected chi connectivity index (χ4v) is 2.34. The second kappa shape index (κ2) is 9.33. The maximum atomic E-state index is 12.1. The molecule has 0 spiro atoms. The highest BCUT2D eigenvalue weighted by Crippen LogP contribution is 2.24. The van der Waals surface area contributed by atoms with Crippen molar-refractivity contribution < 1.29 is 19.2 Å². The molecule has 0 fully saturated rings. The van der Waals surface area contributed by atoms with Gasteiger partial charge in [0.25, 0.3) is 5.69 Å². The molecular weight excluding hydrogens is 350 g/mol. The van der Waals surface area contributed by atoms with Gasteiger partial charge in [-0.1, -0.05) is 13.0 Å². The van der Waals surface area contributed by atoms with E-state index in [-0.39, 0.29) is 24.1 Å². The monoisotopic (exact) mass is 371 g/mol. The molecule has 2 aromatic rings. The lowest BCUT2D eigenvalue weighted by molar-refractivity contribution is -0.385. The van der Waals surface area contributed by atoms with E-state index in [2.05, 4.69) is 10.6 Å². The largest absolute Gasteiger partial charge is 0.462 e. The minimum Gasteiger partial charge on any atom is -0.462 e. The van der Waals surface area contributed by atoms with Crippen molar-refractivity contribution >= 4 is 28.9 Å². The maximum Gasteiger partial charge on any atom is 0.338 e. The Balaban J connectivity index is 1.91. The number of nitrogens with one attached hydrogen (secondary N) is 2. The van der Waals surface area contributed by atoms with Crippen LogP contribution in [0.3, 0.4) is 0 Å². The number of benzene rings is 2. The zero-order chi connectivity index (χ0) is 19.8. The van der Waals surface area contributed by atoms with Crippen molar-refractivity contribution in [1.29, 1.82) is 0 Å². The van der Waals surface area contributed by atoms with Crippen LogP contribution in [0.2, 0.25) is 0 Å². The summed E-state index contributed by atoms with van der Waals surface area (Å²) in [7, 11) is 0. The Morgan fingerprint density at radius 3 is 2.48 bits per heavy atom. The van der Waals surface area contributed by atoms with E-state index >= 15 is 0 Å². The first kappa shape index (κ1) is 19.9. The number of nitro groups is 1. The fraction of sp³-hybridized carbons (Fsp3) is 0.263. The molecule has 0 aromatic heterocycles. The van der Waals surface area contributed by atoms with E-state index < -0.39 is 4.92 Å². The highest BCUT2D eigenvalue weighted by molar-refractivity contribution is 5.95. The molecule has 0 bridgehead atoms. The van der Waals surface area contributed by atoms with Crippen molar-refractivity contribution in [3.05, 3.63) is 63.7 Å². The third-order valence-electron chi connectivity index (χ3n) is 3.79. The van der Waals surface area contributed by atoms with Crippen molar-refractivity contribution in [2.75, 3.05) is 23.8 Å². The van der Waals surface area contributed by atoms with Crippen LogP contribution in [-0.2, 0) is 9.53 Å². The van der Waals surface area contributed by atoms with Crippen LogP contribution in [0.5, 0.6) is 0 Å². The highest BCUT2D eigenvalue weighted by atomic mass is 16.6. The second-order valence-corrected chi connectivity index (χ2v) is 5.82. The van der Waals surface area contributed by atoms with E-state index in [0.717, 1.165) is 6.42 Å². The van der Waals surface area contributed by atoms with Gasteiger partial charge in [0.2, 0.25) is 5.91 Å². The lowest BCUT2D eigenvalue weighted by Crippen LogP contribution is -2.22. The summed E-state index contributed by atoms with van der Waals surface area (Å²) >= 11 is 0. The molecule has 0 heterocycles. The zero-order valence-corrected chi connectivity index (χ0v) is 15.2. The Bertz CT molecular complexity index is 834. The summed E-state index contributed by atoms with van der Waals surface area (Å²) < 4.78 is 5.05. The Hall–Kier alpha value is -3.42. The summed E-state index contributed by atoms with van der Waals surface area (Å²) in [6, 6.07) is 11.1. The molecule has 0 saturated carbocycles. The van der Waals surface area contributed by atoms with Crippen LogP contribution < -0.4 is 10.6 Å². The molecule has 1 amide bonds. The van der Waals surface area contributed by atoms with Crippen LogP contribution in [0.15, 0.2) is 42.5 Å². The van der Waals surface area contributed by atoms with Gasteiger partial charge in [0.1, 0.15) is 0 Å². The number of hydrogen-bond acceptors (Lipinski definition) is 6. The van der Waals surface area contributed by atoms with Gasteiger partial charge in [0.15, 0.2) is 0 Å². The van der Waals surface area contributed by atoms with Gasteiger partial charge >= 0.3 is 5.97 Å². The van der Waals surface area contributed by atoms with Crippen molar-refractivity contribution in [2.45, 2.75) is 20.3 Å². The number of amides is 1. The van der Waals surface area contributed by atoms with Gasteiger partial charge in [-0.05, 0) is 43.7 Å². The van der Waals surface area contributed by atoms with Crippen molar-refractivity contribution in [3.8, 4) is 0 Å². The van der Waals surface area contributed by atoms with E-state index in [0.29, 0.717) is 29.1 Å². The van der Waals surface area contributed by atoms with Crippen LogP contribution in [0.4, 0.5) is 17.1 Å². The molecule has 2 rings (SSSR count). The molecule has 0 aliphatic carbocycles. The normalized spacial score (nSPS) is 10.1. The molecule has 2 N–H and O–H groups in total. The predicted molar refractivity (Wildman–Crippen MR) is 102 cm³/mol. The molecule has 0 atom stereocenters. The number of carbonyl (C=O) groups excluding carboxylic acids is 2. The molecule has 0 radical (unpaired) electrons. The first-order chi connectivity index (χ1) is 12.9. The van der Waals surface area contributed by atoms with Gasteiger partial charge in [-0.15, -0.1) is 0 Å². The average Bonchev–Trinajstić information content (AvgIpc) is 2.66. The lowest BCUT2D eigenvalue weighted by atomic mass is 10.1. The third-order valence-corrected chi connectivity index (χ3v) is 3.79. The first-order valence-electron chi connectivity index (χ1n) is 8.47. The lowest BCUT2D eigenvalue weighted by Gasteiger charge is -2.10. The fourth-order valence-electron chi connectivity index (χ4n) is 2.34. The standard InChI is InChI=1S/C19H21N3O5/c1-3-11-27-19(24)14-7-9-15(10-8-14)20-12-18(23)21-16-5-4-6-17(13(16)2)22(25)26/h4-10,20H,3,11-12H2,1-2H3,(H,21,23). The number of nitrogens with zero attached hydrogens (tertiary/aromatic N) is 1. The van der Waals surface area contributed by atoms with Gasteiger partial charge in [0, 0.05) is 11.8 Å². The molecule has 0 unspecified atom stereocenters. The zero-order valence-electron chi connectivity index (χ0n) is 15.2. The predicted octanol–water partition coefficient (Wildman–Crippen LogP) is 3.52. The molecule has 0 saturated heterocycles. The van der Waals surface area contributed by atoms with Gasteiger partial charge < -0.3 is 15.4 Å². The average molecular weight is 371 g/mol. The summed E-state index contributed by atoms with van der Waals surface area (Å²) in [5.74, 6) is -0.729. The highest BCUT2D eigenvalue weighted by Gasteiger charge is 2.14. The van der Waals surface area contributed by atoms with E-state index in [1.165, 1.54) is 12.1 Å². The Morgan fingerprint density at radius 2 is 1.85 bits per heavy atom. The van der Waals surface area contributed by atoms with E-state index in [4.69, 9.17) is 4.74 Å². The summed E-state index contributed by atoms with van der Waals surface area (Å²) in [4.78, 5) is 34.3. The number of hydrogen-bond donors (Lipinski definition) is 2. The number of ether oxygens (including phenoxy) is 1. The van der Waals surface area contributed by atoms with Crippen molar-refractivity contribution in [3.63, 3.8) is 0 Å². The summed E-state index contributed by atoms with van der Waals surface area (Å²) in [5, 5.41) is 16.5. The molecule has 0 aliphatic heterocycles. The Kier molecular flexibility index (Phi) is 6.87. The number of anilines is 2. The van der Waals surface area contributed by atoms with E-state index in [1.807, 2.05) is 6.92 Å². The summed E-state index contributed by atoms with van der Waals surface area (Å²) in [6.45, 7) is 3.84. The van der Waals surface area contributed by atoms with Gasteiger partial charge in [-0.2, -0.15) is 0 Å². The van der Waals surface area contributed by atoms with Gasteiger partial charge in [-0.3, -0.25) is 14.9 Å². The van der Waals surface area contributed by atoms with Gasteiger partial charge in [-0.25, -0.2) is 4.79 Å². The number of esters is 1. The molecular formula is C19H21N3O5. The topological polar surface area (TPSA) is 111 Å². The van der Waals surface area contributed by atoms with Crippen molar-refractivity contribution in [1.82, 2.24) is 0 Å². The quantitative estimate of drug-likeness (QED) is 0.417. The minimum absolute atomic E-state index is 0.0260. The number of nitro benzene ring substituents is 1. The maximum absolute atomic E-state index is 12.1. The minimum atomic E-state index is -0.490. The smallest absolute Gasteiger partial charge is 0.338 e. The third kappa shape index (κ3) is 5.53. The Labute approximate surface area is 156 Å². The van der Waals surface area contributed by atoms with Crippen LogP contribution in [-0.4, -0.2) is 30.0 Å². The van der Waals surface area contributed by atoms with Crippen LogP contribution in [0, 0.1) is 17.0 Å². The molecule has 0 aliphatic rings. The van der Waals surface area contributed by atoms with E-state index in [9.17, 15) is 19.7 Å². The van der Waals surface area contributed by atoms with Crippen molar-refractivity contribution in [2.24, 2.45) is 0 Å².